The summed E-state index contributed by atoms with van der Waals surface area (Å²) >= 11 is 0. The Morgan fingerprint density at radius 1 is 0.300 bits per heavy atom. The molecule has 12 rings (SSSR count). The van der Waals surface area contributed by atoms with E-state index in [2.05, 4.69) is 243 Å². The molecular formula is C66H72B2N2. The summed E-state index contributed by atoms with van der Waals surface area (Å²) in [5, 5.41) is 2.65. The van der Waals surface area contributed by atoms with Gasteiger partial charge in [-0.25, -0.2) is 0 Å². The van der Waals surface area contributed by atoms with Crippen LogP contribution >= 0.6 is 0 Å². The molecule has 4 aliphatic heterocycles. The molecule has 4 aliphatic rings. The van der Waals surface area contributed by atoms with Crippen molar-refractivity contribution in [3.63, 3.8) is 0 Å². The maximum absolute atomic E-state index is 2.79. The van der Waals surface area contributed by atoms with Gasteiger partial charge in [0.05, 0.1) is 11.0 Å². The van der Waals surface area contributed by atoms with Gasteiger partial charge in [-0.05, 0) is 152 Å². The average Bonchev–Trinajstić information content (AvgIpc) is 3.89. The highest BCUT2D eigenvalue weighted by atomic mass is 15.2. The molecule has 352 valence electrons. The quantitative estimate of drug-likeness (QED) is 0.149. The van der Waals surface area contributed by atoms with Gasteiger partial charge in [-0.2, -0.15) is 0 Å². The molecule has 4 heteroatoms. The predicted octanol–water partition coefficient (Wildman–Crippen LogP) is 13.7. The molecule has 7 aromatic carbocycles. The summed E-state index contributed by atoms with van der Waals surface area (Å²) in [6.07, 6.45) is 0. The second-order valence-corrected chi connectivity index (χ2v) is 28.0. The van der Waals surface area contributed by atoms with Gasteiger partial charge in [0.25, 0.3) is 6.71 Å². The Labute approximate surface area is 420 Å². The Bertz CT molecular complexity index is 3510. The lowest BCUT2D eigenvalue weighted by molar-refractivity contribution is 0.589. The largest absolute Gasteiger partial charge is 0.312 e. The van der Waals surface area contributed by atoms with Gasteiger partial charge in [0, 0.05) is 33.5 Å². The van der Waals surface area contributed by atoms with E-state index >= 15 is 0 Å². The van der Waals surface area contributed by atoms with Crippen LogP contribution in [-0.2, 0) is 32.5 Å². The van der Waals surface area contributed by atoms with Crippen LogP contribution in [0.25, 0.3) is 49.7 Å². The van der Waals surface area contributed by atoms with Crippen molar-refractivity contribution in [2.24, 2.45) is 0 Å². The molecule has 1 aromatic heterocycles. The fourth-order valence-corrected chi connectivity index (χ4v) is 12.7. The van der Waals surface area contributed by atoms with Crippen LogP contribution in [0, 0.1) is 0 Å². The van der Waals surface area contributed by atoms with E-state index in [-0.39, 0.29) is 45.9 Å². The first kappa shape index (κ1) is 45.4. The minimum atomic E-state index is -0.0652. The standard InChI is InChI=1S/C66H72B2N2/c1-61(2,3)37-19-23-49-43(29-37)47-33-41(65(13,14)15)35-55-57(47)67(49)51-25-28-54(69-52-26-21-39(63(7,8)9)31-45(52)46-32-40(64(10,11)12)22-27-53(46)69)59-60(51)70(55)56-36-42(66(16,17)18)34-48-44-30-38(62(4,5)6)20-24-50(44)68(59)58(48)56/h19-36H,1-18H3. The molecule has 0 saturated heterocycles. The Morgan fingerprint density at radius 3 is 1.09 bits per heavy atom. The zero-order valence-electron chi connectivity index (χ0n) is 45.4. The van der Waals surface area contributed by atoms with Crippen LogP contribution in [0.5, 0.6) is 0 Å². The zero-order chi connectivity index (χ0) is 49.9. The highest BCUT2D eigenvalue weighted by Crippen LogP contribution is 2.49. The minimum absolute atomic E-state index is 0.00702. The molecule has 0 atom stereocenters. The maximum Gasteiger partial charge on any atom is 0.250 e. The van der Waals surface area contributed by atoms with Crippen molar-refractivity contribution in [1.82, 2.24) is 4.57 Å². The first-order chi connectivity index (χ1) is 32.5. The van der Waals surface area contributed by atoms with E-state index in [9.17, 15) is 0 Å². The third-order valence-electron chi connectivity index (χ3n) is 16.9. The summed E-state index contributed by atoms with van der Waals surface area (Å²) in [5.74, 6) is 0. The van der Waals surface area contributed by atoms with E-state index in [0.29, 0.717) is 0 Å². The summed E-state index contributed by atoms with van der Waals surface area (Å²) < 4.78 is 2.66. The molecule has 2 nitrogen and oxygen atoms in total. The van der Waals surface area contributed by atoms with Crippen LogP contribution < -0.4 is 37.7 Å². The van der Waals surface area contributed by atoms with Gasteiger partial charge in [0.15, 0.2) is 0 Å². The third-order valence-corrected chi connectivity index (χ3v) is 16.9. The van der Waals surface area contributed by atoms with Gasteiger partial charge in [-0.1, -0.05) is 202 Å². The van der Waals surface area contributed by atoms with Crippen molar-refractivity contribution >= 4 is 85.1 Å². The molecule has 0 spiro atoms. The van der Waals surface area contributed by atoms with Crippen molar-refractivity contribution in [2.75, 3.05) is 4.90 Å². The summed E-state index contributed by atoms with van der Waals surface area (Å²) in [6, 6.07) is 45.1. The molecule has 5 heterocycles. The summed E-state index contributed by atoms with van der Waals surface area (Å²) in [7, 11) is 0. The first-order valence-electron chi connectivity index (χ1n) is 26.2. The van der Waals surface area contributed by atoms with Crippen LogP contribution in [0.2, 0.25) is 0 Å². The van der Waals surface area contributed by atoms with Crippen molar-refractivity contribution in [3.8, 4) is 27.9 Å². The average molecular weight is 915 g/mol. The number of nitrogens with zero attached hydrogens (tertiary/aromatic N) is 2. The van der Waals surface area contributed by atoms with Crippen molar-refractivity contribution in [3.05, 3.63) is 143 Å². The van der Waals surface area contributed by atoms with E-state index in [1.807, 2.05) is 0 Å². The molecule has 0 unspecified atom stereocenters. The SMILES string of the molecule is CC(C)(C)c1ccc2c(c1)-c1cc(C(C)(C)C)cc3c1B2c1ccc(-n2c4ccc(C(C)(C)C)cc4c4cc(C(C)(C)C)ccc42)c2c1N3c1cc(C(C)(C)C)cc3c1B2c1ccc(C(C)(C)C)cc1-3. The number of hydrogen-bond acceptors (Lipinski definition) is 1. The lowest BCUT2D eigenvalue weighted by Crippen LogP contribution is -2.63. The summed E-state index contributed by atoms with van der Waals surface area (Å²) in [6.45, 7) is 42.8. The molecule has 0 amide bonds. The van der Waals surface area contributed by atoms with Crippen LogP contribution in [-0.4, -0.2) is 18.0 Å². The first-order valence-corrected chi connectivity index (χ1v) is 26.2. The van der Waals surface area contributed by atoms with Gasteiger partial charge in [-0.3, -0.25) is 0 Å². The predicted molar refractivity (Wildman–Crippen MR) is 308 cm³/mol. The molecule has 0 fully saturated rings. The fraction of sp³-hybridized carbons (Fsp3) is 0.364. The van der Waals surface area contributed by atoms with E-state index in [4.69, 9.17) is 0 Å². The number of aromatic nitrogens is 1. The van der Waals surface area contributed by atoms with Crippen LogP contribution in [0.1, 0.15) is 158 Å². The number of rotatable bonds is 1. The molecule has 0 N–H and O–H groups in total. The fourth-order valence-electron chi connectivity index (χ4n) is 12.7. The maximum atomic E-state index is 2.79. The van der Waals surface area contributed by atoms with E-state index in [1.165, 1.54) is 133 Å². The van der Waals surface area contributed by atoms with E-state index in [1.54, 1.807) is 0 Å². The second-order valence-electron chi connectivity index (χ2n) is 28.0. The van der Waals surface area contributed by atoms with Crippen LogP contribution in [0.4, 0.5) is 17.1 Å². The molecule has 8 aromatic rings. The van der Waals surface area contributed by atoms with Gasteiger partial charge in [-0.15, -0.1) is 0 Å². The molecule has 0 aliphatic carbocycles. The molecule has 70 heavy (non-hydrogen) atoms. The second kappa shape index (κ2) is 14.0. The lowest BCUT2D eigenvalue weighted by Gasteiger charge is -2.44. The smallest absolute Gasteiger partial charge is 0.250 e. The number of anilines is 3. The van der Waals surface area contributed by atoms with E-state index < -0.39 is 0 Å². The number of benzene rings is 7. The highest BCUT2D eigenvalue weighted by Gasteiger charge is 2.52. The van der Waals surface area contributed by atoms with Crippen molar-refractivity contribution < 1.29 is 0 Å². The Hall–Kier alpha value is -5.73. The Kier molecular flexibility index (Phi) is 9.10. The van der Waals surface area contributed by atoms with Crippen LogP contribution in [0.3, 0.4) is 0 Å². The van der Waals surface area contributed by atoms with Gasteiger partial charge in [0.2, 0.25) is 6.71 Å². The summed E-state index contributed by atoms with van der Waals surface area (Å²) in [4.78, 5) is 2.79. The zero-order valence-corrected chi connectivity index (χ0v) is 45.4. The van der Waals surface area contributed by atoms with Gasteiger partial charge < -0.3 is 9.47 Å². The molecule has 0 radical (unpaired) electrons. The van der Waals surface area contributed by atoms with Gasteiger partial charge in [0.1, 0.15) is 0 Å². The molecule has 0 saturated carbocycles. The summed E-state index contributed by atoms with van der Waals surface area (Å²) in [5.41, 5.74) is 30.2. The highest BCUT2D eigenvalue weighted by molar-refractivity contribution is 7.05. The molecular weight excluding hydrogens is 842 g/mol. The number of hydrogen-bond donors (Lipinski definition) is 0. The topological polar surface area (TPSA) is 8.17 Å². The minimum Gasteiger partial charge on any atom is -0.312 e. The Balaban J connectivity index is 1.27. The van der Waals surface area contributed by atoms with Gasteiger partial charge >= 0.3 is 0 Å². The lowest BCUT2D eigenvalue weighted by atomic mass is 9.32. The van der Waals surface area contributed by atoms with E-state index in [0.717, 1.165) is 0 Å². The Morgan fingerprint density at radius 2 is 0.657 bits per heavy atom. The number of fused-ring (bicyclic) bond motifs is 13. The van der Waals surface area contributed by atoms with Crippen LogP contribution in [0.15, 0.2) is 109 Å². The van der Waals surface area contributed by atoms with Crippen molar-refractivity contribution in [2.45, 2.75) is 157 Å². The molecule has 0 bridgehead atoms. The van der Waals surface area contributed by atoms with Crippen molar-refractivity contribution in [1.29, 1.82) is 0 Å². The monoisotopic (exact) mass is 915 g/mol. The normalized spacial score (nSPS) is 14.9. The third kappa shape index (κ3) is 6.39.